The molecule has 1 aromatic carbocycles. The lowest BCUT2D eigenvalue weighted by Gasteiger charge is -2.40. The first-order valence-corrected chi connectivity index (χ1v) is 7.72. The predicted molar refractivity (Wildman–Crippen MR) is 82.2 cm³/mol. The van der Waals surface area contributed by atoms with E-state index in [1.54, 1.807) is 0 Å². The maximum Gasteiger partial charge on any atom is 0.0171 e. The van der Waals surface area contributed by atoms with E-state index in [9.17, 15) is 0 Å². The Bertz CT molecular complexity index is 353. The van der Waals surface area contributed by atoms with Crippen LogP contribution in [0.1, 0.15) is 45.1 Å². The van der Waals surface area contributed by atoms with Gasteiger partial charge >= 0.3 is 0 Å². The Morgan fingerprint density at radius 1 is 1.16 bits per heavy atom. The number of rotatable bonds is 5. The van der Waals surface area contributed by atoms with E-state index in [0.717, 1.165) is 19.4 Å². The van der Waals surface area contributed by atoms with E-state index in [2.05, 4.69) is 49.1 Å². The minimum absolute atomic E-state index is 0.295. The fourth-order valence-electron chi connectivity index (χ4n) is 3.19. The molecule has 1 unspecified atom stereocenters. The van der Waals surface area contributed by atoms with E-state index in [1.807, 2.05) is 0 Å². The molecule has 1 aliphatic heterocycles. The minimum Gasteiger partial charge on any atom is -0.327 e. The highest BCUT2D eigenvalue weighted by Crippen LogP contribution is 2.22. The Morgan fingerprint density at radius 2 is 1.79 bits per heavy atom. The molecule has 0 radical (unpaired) electrons. The number of benzene rings is 1. The summed E-state index contributed by atoms with van der Waals surface area (Å²) in [6.45, 7) is 5.74. The molecule has 1 aromatic rings. The van der Waals surface area contributed by atoms with Crippen LogP contribution < -0.4 is 5.73 Å². The zero-order valence-corrected chi connectivity index (χ0v) is 12.4. The first-order valence-electron chi connectivity index (χ1n) is 7.72. The molecular formula is C17H28N2. The Morgan fingerprint density at radius 3 is 2.42 bits per heavy atom. The van der Waals surface area contributed by atoms with Gasteiger partial charge in [0.25, 0.3) is 0 Å². The molecule has 0 bridgehead atoms. The van der Waals surface area contributed by atoms with Crippen molar-refractivity contribution in [3.63, 3.8) is 0 Å². The second-order valence-corrected chi connectivity index (χ2v) is 6.11. The van der Waals surface area contributed by atoms with E-state index >= 15 is 0 Å². The van der Waals surface area contributed by atoms with Crippen molar-refractivity contribution >= 4 is 0 Å². The average molecular weight is 260 g/mol. The molecule has 2 heteroatoms. The molecule has 0 aromatic heterocycles. The van der Waals surface area contributed by atoms with Crippen LogP contribution in [0.4, 0.5) is 0 Å². The molecule has 1 fully saturated rings. The van der Waals surface area contributed by atoms with Gasteiger partial charge in [-0.2, -0.15) is 0 Å². The van der Waals surface area contributed by atoms with Crippen LogP contribution in [0.25, 0.3) is 0 Å². The maximum atomic E-state index is 6.34. The molecule has 1 saturated heterocycles. The SMILES string of the molecule is C[C@@H]1CCC[C@H](C)N1CC(N)CCc1ccccc1. The fraction of sp³-hybridized carbons (Fsp3) is 0.647. The molecule has 1 aliphatic rings. The van der Waals surface area contributed by atoms with Crippen LogP contribution in [0.2, 0.25) is 0 Å². The van der Waals surface area contributed by atoms with E-state index in [0.29, 0.717) is 18.1 Å². The molecule has 2 rings (SSSR count). The molecule has 3 atom stereocenters. The second-order valence-electron chi connectivity index (χ2n) is 6.11. The number of likely N-dealkylation sites (tertiary alicyclic amines) is 1. The van der Waals surface area contributed by atoms with Gasteiger partial charge in [0.2, 0.25) is 0 Å². The summed E-state index contributed by atoms with van der Waals surface area (Å²) in [4.78, 5) is 2.61. The van der Waals surface area contributed by atoms with Gasteiger partial charge in [0.15, 0.2) is 0 Å². The monoisotopic (exact) mass is 260 g/mol. The highest BCUT2D eigenvalue weighted by atomic mass is 15.2. The summed E-state index contributed by atoms with van der Waals surface area (Å²) in [6, 6.07) is 12.4. The van der Waals surface area contributed by atoms with Gasteiger partial charge in [-0.15, -0.1) is 0 Å². The van der Waals surface area contributed by atoms with E-state index in [-0.39, 0.29) is 0 Å². The van der Waals surface area contributed by atoms with Crippen LogP contribution in [-0.2, 0) is 6.42 Å². The molecule has 2 N–H and O–H groups in total. The summed E-state index contributed by atoms with van der Waals surface area (Å²) in [7, 11) is 0. The Labute approximate surface area is 118 Å². The average Bonchev–Trinajstić information content (AvgIpc) is 2.42. The number of aryl methyl sites for hydroxylation is 1. The van der Waals surface area contributed by atoms with Gasteiger partial charge in [0, 0.05) is 24.7 Å². The van der Waals surface area contributed by atoms with Crippen LogP contribution in [0, 0.1) is 0 Å². The largest absolute Gasteiger partial charge is 0.327 e. The van der Waals surface area contributed by atoms with Crippen LogP contribution in [0.15, 0.2) is 30.3 Å². The van der Waals surface area contributed by atoms with Gasteiger partial charge in [-0.05, 0) is 45.1 Å². The van der Waals surface area contributed by atoms with Crippen LogP contribution in [0.3, 0.4) is 0 Å². The van der Waals surface area contributed by atoms with E-state index in [4.69, 9.17) is 5.73 Å². The molecule has 106 valence electrons. The van der Waals surface area contributed by atoms with Gasteiger partial charge in [0.05, 0.1) is 0 Å². The van der Waals surface area contributed by atoms with E-state index in [1.165, 1.54) is 24.8 Å². The zero-order chi connectivity index (χ0) is 13.7. The Balaban J connectivity index is 1.78. The molecule has 0 amide bonds. The van der Waals surface area contributed by atoms with Crippen molar-refractivity contribution in [3.8, 4) is 0 Å². The number of hydrogen-bond donors (Lipinski definition) is 1. The Hall–Kier alpha value is -0.860. The minimum atomic E-state index is 0.295. The highest BCUT2D eigenvalue weighted by molar-refractivity contribution is 5.14. The van der Waals surface area contributed by atoms with Gasteiger partial charge in [-0.25, -0.2) is 0 Å². The summed E-state index contributed by atoms with van der Waals surface area (Å²) in [6.07, 6.45) is 6.21. The molecule has 2 nitrogen and oxygen atoms in total. The van der Waals surface area contributed by atoms with Crippen molar-refractivity contribution < 1.29 is 0 Å². The first-order chi connectivity index (χ1) is 9.16. The molecule has 0 saturated carbocycles. The lowest BCUT2D eigenvalue weighted by atomic mass is 9.96. The fourth-order valence-corrected chi connectivity index (χ4v) is 3.19. The van der Waals surface area contributed by atoms with Crippen molar-refractivity contribution in [2.75, 3.05) is 6.54 Å². The third-order valence-electron chi connectivity index (χ3n) is 4.47. The summed E-state index contributed by atoms with van der Waals surface area (Å²) in [5.41, 5.74) is 7.74. The van der Waals surface area contributed by atoms with Crippen molar-refractivity contribution in [1.29, 1.82) is 0 Å². The van der Waals surface area contributed by atoms with Crippen LogP contribution in [0.5, 0.6) is 0 Å². The topological polar surface area (TPSA) is 29.3 Å². The second kappa shape index (κ2) is 7.06. The normalized spacial score (nSPS) is 26.3. The standard InChI is InChI=1S/C17H28N2/c1-14-7-6-8-15(2)19(14)13-17(18)12-11-16-9-4-3-5-10-16/h3-5,9-10,14-15,17H,6-8,11-13,18H2,1-2H3/t14-,15+,17?. The number of nitrogens with two attached hydrogens (primary N) is 1. The van der Waals surface area contributed by atoms with Crippen molar-refractivity contribution in [3.05, 3.63) is 35.9 Å². The predicted octanol–water partition coefficient (Wildman–Crippen LogP) is 3.21. The van der Waals surface area contributed by atoms with Crippen LogP contribution in [-0.4, -0.2) is 29.6 Å². The quantitative estimate of drug-likeness (QED) is 0.881. The Kier molecular flexibility index (Phi) is 5.41. The lowest BCUT2D eigenvalue weighted by Crippen LogP contribution is -2.49. The van der Waals surface area contributed by atoms with Crippen molar-refractivity contribution in [2.24, 2.45) is 5.73 Å². The van der Waals surface area contributed by atoms with Crippen molar-refractivity contribution in [2.45, 2.75) is 64.1 Å². The number of piperidine rings is 1. The zero-order valence-electron chi connectivity index (χ0n) is 12.4. The summed E-state index contributed by atoms with van der Waals surface area (Å²) in [5, 5.41) is 0. The molecule has 1 heterocycles. The van der Waals surface area contributed by atoms with Gasteiger partial charge in [-0.1, -0.05) is 36.8 Å². The van der Waals surface area contributed by atoms with Gasteiger partial charge in [-0.3, -0.25) is 4.90 Å². The summed E-state index contributed by atoms with van der Waals surface area (Å²) < 4.78 is 0. The van der Waals surface area contributed by atoms with Gasteiger partial charge < -0.3 is 5.73 Å². The molecule has 0 aliphatic carbocycles. The molecule has 0 spiro atoms. The third kappa shape index (κ3) is 4.32. The van der Waals surface area contributed by atoms with Crippen LogP contribution >= 0.6 is 0 Å². The summed E-state index contributed by atoms with van der Waals surface area (Å²) >= 11 is 0. The third-order valence-corrected chi connectivity index (χ3v) is 4.47. The number of nitrogens with zero attached hydrogens (tertiary/aromatic N) is 1. The molecular weight excluding hydrogens is 232 g/mol. The maximum absolute atomic E-state index is 6.34. The van der Waals surface area contributed by atoms with E-state index < -0.39 is 0 Å². The van der Waals surface area contributed by atoms with Gasteiger partial charge in [0.1, 0.15) is 0 Å². The lowest BCUT2D eigenvalue weighted by molar-refractivity contribution is 0.0950. The smallest absolute Gasteiger partial charge is 0.0171 e. The number of hydrogen-bond acceptors (Lipinski definition) is 2. The summed E-state index contributed by atoms with van der Waals surface area (Å²) in [5.74, 6) is 0. The van der Waals surface area contributed by atoms with Crippen molar-refractivity contribution in [1.82, 2.24) is 4.90 Å². The molecule has 19 heavy (non-hydrogen) atoms. The first kappa shape index (κ1) is 14.5. The highest BCUT2D eigenvalue weighted by Gasteiger charge is 2.25.